The SMILES string of the molecule is CCCC=C(CCCCCCCCCCCCCCCCCCCCC)c1ccc(-c2ccccc2)cc1. The third kappa shape index (κ3) is 15.6. The predicted octanol–water partition coefficient (Wildman–Crippen LogP) is 13.4. The third-order valence-electron chi connectivity index (χ3n) is 8.09. The summed E-state index contributed by atoms with van der Waals surface area (Å²) in [4.78, 5) is 0. The normalized spacial score (nSPS) is 11.8. The molecule has 0 bridgehead atoms. The number of rotatable bonds is 24. The van der Waals surface area contributed by atoms with Gasteiger partial charge in [-0.15, -0.1) is 0 Å². The molecule has 0 spiro atoms. The summed E-state index contributed by atoms with van der Waals surface area (Å²) < 4.78 is 0. The lowest BCUT2D eigenvalue weighted by Crippen LogP contribution is -1.88. The van der Waals surface area contributed by atoms with E-state index in [1.54, 1.807) is 5.57 Å². The summed E-state index contributed by atoms with van der Waals surface area (Å²) in [6.07, 6.45) is 33.5. The molecule has 0 N–H and O–H groups in total. The van der Waals surface area contributed by atoms with Gasteiger partial charge in [0.15, 0.2) is 0 Å². The summed E-state index contributed by atoms with van der Waals surface area (Å²) in [6, 6.07) is 20.0. The maximum atomic E-state index is 2.49. The van der Waals surface area contributed by atoms with Crippen molar-refractivity contribution in [1.82, 2.24) is 0 Å². The Hall–Kier alpha value is -1.82. The van der Waals surface area contributed by atoms with Gasteiger partial charge < -0.3 is 0 Å². The Morgan fingerprint density at radius 1 is 0.447 bits per heavy atom. The van der Waals surface area contributed by atoms with Crippen LogP contribution in [0.25, 0.3) is 16.7 Å². The molecule has 2 aromatic carbocycles. The first-order chi connectivity index (χ1) is 18.8. The highest BCUT2D eigenvalue weighted by Gasteiger charge is 2.04. The van der Waals surface area contributed by atoms with Gasteiger partial charge in [0.2, 0.25) is 0 Å². The maximum Gasteiger partial charge on any atom is -0.0184 e. The number of hydrogen-bond acceptors (Lipinski definition) is 0. The van der Waals surface area contributed by atoms with Crippen LogP contribution in [0.5, 0.6) is 0 Å². The molecule has 0 nitrogen and oxygen atoms in total. The summed E-state index contributed by atoms with van der Waals surface area (Å²) in [6.45, 7) is 4.58. The second-order valence-electron chi connectivity index (χ2n) is 11.6. The van der Waals surface area contributed by atoms with Gasteiger partial charge in [-0.1, -0.05) is 197 Å². The number of unbranched alkanes of at least 4 members (excludes halogenated alkanes) is 19. The van der Waals surface area contributed by atoms with Crippen LogP contribution in [0.1, 0.15) is 161 Å². The molecule has 38 heavy (non-hydrogen) atoms. The van der Waals surface area contributed by atoms with Gasteiger partial charge in [0, 0.05) is 0 Å². The molecule has 0 aromatic heterocycles. The zero-order chi connectivity index (χ0) is 26.9. The fraction of sp³-hybridized carbons (Fsp3) is 0.632. The van der Waals surface area contributed by atoms with Gasteiger partial charge in [-0.25, -0.2) is 0 Å². The van der Waals surface area contributed by atoms with Crippen LogP contribution >= 0.6 is 0 Å². The van der Waals surface area contributed by atoms with Gasteiger partial charge >= 0.3 is 0 Å². The molecule has 0 aliphatic rings. The molecule has 0 atom stereocenters. The Kier molecular flexibility index (Phi) is 19.7. The van der Waals surface area contributed by atoms with E-state index in [1.165, 1.54) is 158 Å². The van der Waals surface area contributed by atoms with Crippen LogP contribution in [0.3, 0.4) is 0 Å². The van der Waals surface area contributed by atoms with Crippen molar-refractivity contribution in [3.05, 3.63) is 66.2 Å². The summed E-state index contributed by atoms with van der Waals surface area (Å²) in [5.41, 5.74) is 5.59. The van der Waals surface area contributed by atoms with E-state index in [9.17, 15) is 0 Å². The van der Waals surface area contributed by atoms with E-state index in [2.05, 4.69) is 74.5 Å². The Bertz CT molecular complexity index is 798. The van der Waals surface area contributed by atoms with Crippen LogP contribution in [-0.4, -0.2) is 0 Å². The van der Waals surface area contributed by atoms with Crippen molar-refractivity contribution in [3.8, 4) is 11.1 Å². The maximum absolute atomic E-state index is 2.49. The molecule has 0 heterocycles. The fourth-order valence-corrected chi connectivity index (χ4v) is 5.58. The van der Waals surface area contributed by atoms with Crippen molar-refractivity contribution < 1.29 is 0 Å². The zero-order valence-electron chi connectivity index (χ0n) is 25.3. The van der Waals surface area contributed by atoms with Crippen molar-refractivity contribution in [2.24, 2.45) is 0 Å². The molecule has 0 aliphatic carbocycles. The van der Waals surface area contributed by atoms with Crippen LogP contribution < -0.4 is 0 Å². The van der Waals surface area contributed by atoms with Crippen molar-refractivity contribution in [2.75, 3.05) is 0 Å². The molecular weight excluding hydrogens is 456 g/mol. The van der Waals surface area contributed by atoms with Crippen LogP contribution in [-0.2, 0) is 0 Å². The summed E-state index contributed by atoms with van der Waals surface area (Å²) in [5, 5.41) is 0. The monoisotopic (exact) mass is 516 g/mol. The average molecular weight is 517 g/mol. The predicted molar refractivity (Wildman–Crippen MR) is 173 cm³/mol. The first-order valence-electron chi connectivity index (χ1n) is 16.7. The molecule has 0 amide bonds. The molecule has 2 rings (SSSR count). The van der Waals surface area contributed by atoms with Crippen molar-refractivity contribution in [2.45, 2.75) is 155 Å². The molecule has 212 valence electrons. The van der Waals surface area contributed by atoms with Gasteiger partial charge in [0.25, 0.3) is 0 Å². The Labute approximate surface area is 237 Å². The van der Waals surface area contributed by atoms with E-state index in [-0.39, 0.29) is 0 Å². The Morgan fingerprint density at radius 3 is 1.32 bits per heavy atom. The first-order valence-corrected chi connectivity index (χ1v) is 16.7. The zero-order valence-corrected chi connectivity index (χ0v) is 25.3. The Morgan fingerprint density at radius 2 is 0.868 bits per heavy atom. The smallest absolute Gasteiger partial charge is 0.0184 e. The van der Waals surface area contributed by atoms with Crippen LogP contribution in [0.15, 0.2) is 60.7 Å². The van der Waals surface area contributed by atoms with Crippen molar-refractivity contribution >= 4 is 5.57 Å². The number of hydrogen-bond donors (Lipinski definition) is 0. The molecule has 0 heteroatoms. The minimum Gasteiger partial charge on any atom is -0.0807 e. The second-order valence-corrected chi connectivity index (χ2v) is 11.6. The number of allylic oxidation sites excluding steroid dienone is 2. The van der Waals surface area contributed by atoms with Gasteiger partial charge in [-0.2, -0.15) is 0 Å². The molecule has 0 unspecified atom stereocenters. The van der Waals surface area contributed by atoms with Crippen LogP contribution in [0.4, 0.5) is 0 Å². The van der Waals surface area contributed by atoms with Crippen molar-refractivity contribution in [1.29, 1.82) is 0 Å². The van der Waals surface area contributed by atoms with Gasteiger partial charge in [0.1, 0.15) is 0 Å². The third-order valence-corrected chi connectivity index (χ3v) is 8.09. The van der Waals surface area contributed by atoms with E-state index in [0.717, 1.165) is 0 Å². The summed E-state index contributed by atoms with van der Waals surface area (Å²) in [7, 11) is 0. The molecule has 0 fully saturated rings. The lowest BCUT2D eigenvalue weighted by atomic mass is 9.95. The summed E-state index contributed by atoms with van der Waals surface area (Å²) >= 11 is 0. The van der Waals surface area contributed by atoms with Gasteiger partial charge in [-0.3, -0.25) is 0 Å². The topological polar surface area (TPSA) is 0 Å². The standard InChI is InChI=1S/C38H60/c1-3-5-7-8-9-10-11-12-13-14-15-16-17-18-19-20-21-22-24-28-35(27-6-4-2)37-31-33-38(34-32-37)36-29-25-23-26-30-36/h23,25-27,29-34H,3-22,24,28H2,1-2H3. The first kappa shape index (κ1) is 32.4. The quantitative estimate of drug-likeness (QED) is 0.122. The minimum atomic E-state index is 1.19. The molecule has 0 radical (unpaired) electrons. The lowest BCUT2D eigenvalue weighted by molar-refractivity contribution is 0.524. The van der Waals surface area contributed by atoms with E-state index in [4.69, 9.17) is 0 Å². The van der Waals surface area contributed by atoms with E-state index < -0.39 is 0 Å². The van der Waals surface area contributed by atoms with Gasteiger partial charge in [-0.05, 0) is 41.5 Å². The largest absolute Gasteiger partial charge is 0.0807 e. The molecule has 0 saturated carbocycles. The highest BCUT2D eigenvalue weighted by Crippen LogP contribution is 2.26. The number of benzene rings is 2. The van der Waals surface area contributed by atoms with E-state index in [0.29, 0.717) is 0 Å². The second kappa shape index (κ2) is 23.1. The highest BCUT2D eigenvalue weighted by atomic mass is 14.1. The fourth-order valence-electron chi connectivity index (χ4n) is 5.58. The molecular formula is C38H60. The molecule has 0 aliphatic heterocycles. The summed E-state index contributed by atoms with van der Waals surface area (Å²) in [5.74, 6) is 0. The van der Waals surface area contributed by atoms with Crippen molar-refractivity contribution in [3.63, 3.8) is 0 Å². The average Bonchev–Trinajstić information content (AvgIpc) is 2.96. The van der Waals surface area contributed by atoms with Crippen LogP contribution in [0.2, 0.25) is 0 Å². The molecule has 2 aromatic rings. The minimum absolute atomic E-state index is 1.19. The lowest BCUT2D eigenvalue weighted by Gasteiger charge is -2.10. The van der Waals surface area contributed by atoms with E-state index in [1.807, 2.05) is 0 Å². The Balaban J connectivity index is 1.46. The molecule has 0 saturated heterocycles. The van der Waals surface area contributed by atoms with E-state index >= 15 is 0 Å². The highest BCUT2D eigenvalue weighted by molar-refractivity contribution is 5.70. The van der Waals surface area contributed by atoms with Crippen LogP contribution in [0, 0.1) is 0 Å². The van der Waals surface area contributed by atoms with Gasteiger partial charge in [0.05, 0.1) is 0 Å².